The first kappa shape index (κ1) is 13.6. The van der Waals surface area contributed by atoms with Gasteiger partial charge < -0.3 is 10.0 Å². The van der Waals surface area contributed by atoms with Crippen LogP contribution in [0.3, 0.4) is 0 Å². The van der Waals surface area contributed by atoms with Crippen LogP contribution in [0.15, 0.2) is 54.6 Å². The lowest BCUT2D eigenvalue weighted by atomic mass is 10.1. The van der Waals surface area contributed by atoms with Crippen molar-refractivity contribution in [2.24, 2.45) is 0 Å². The van der Waals surface area contributed by atoms with E-state index in [2.05, 4.69) is 60.4 Å². The predicted molar refractivity (Wildman–Crippen MR) is 80.4 cm³/mol. The monoisotopic (exact) mass is 255 g/mol. The molecule has 0 aromatic heterocycles. The molecule has 0 unspecified atom stereocenters. The number of anilines is 1. The van der Waals surface area contributed by atoms with Gasteiger partial charge in [-0.3, -0.25) is 0 Å². The normalized spacial score (nSPS) is 10.4. The third-order valence-electron chi connectivity index (χ3n) is 3.20. The Bertz CT molecular complexity index is 478. The Hall–Kier alpha value is -1.80. The Kier molecular flexibility index (Phi) is 4.99. The molecule has 0 aliphatic heterocycles. The molecule has 100 valence electrons. The van der Waals surface area contributed by atoms with Crippen molar-refractivity contribution in [3.05, 3.63) is 65.7 Å². The lowest BCUT2D eigenvalue weighted by Crippen LogP contribution is -2.24. The summed E-state index contributed by atoms with van der Waals surface area (Å²) < 4.78 is 0. The lowest BCUT2D eigenvalue weighted by Gasteiger charge is -2.24. The van der Waals surface area contributed by atoms with Gasteiger partial charge in [0.15, 0.2) is 0 Å². The van der Waals surface area contributed by atoms with Gasteiger partial charge in [0, 0.05) is 25.4 Å². The van der Waals surface area contributed by atoms with Crippen LogP contribution in [-0.4, -0.2) is 18.3 Å². The van der Waals surface area contributed by atoms with Gasteiger partial charge in [-0.2, -0.15) is 0 Å². The van der Waals surface area contributed by atoms with Crippen molar-refractivity contribution in [3.8, 4) is 0 Å². The second-order valence-electron chi connectivity index (χ2n) is 4.82. The van der Waals surface area contributed by atoms with E-state index in [4.69, 9.17) is 5.11 Å². The molecule has 0 atom stereocenters. The van der Waals surface area contributed by atoms with Crippen LogP contribution in [-0.2, 0) is 6.54 Å². The molecule has 2 aromatic rings. The summed E-state index contributed by atoms with van der Waals surface area (Å²) in [6.07, 6.45) is 0.792. The third kappa shape index (κ3) is 4.11. The molecule has 0 amide bonds. The molecule has 0 spiro atoms. The van der Waals surface area contributed by atoms with Crippen molar-refractivity contribution >= 4 is 5.69 Å². The van der Waals surface area contributed by atoms with E-state index in [1.807, 2.05) is 6.07 Å². The first-order valence-electron chi connectivity index (χ1n) is 6.76. The van der Waals surface area contributed by atoms with Crippen LogP contribution in [0, 0.1) is 6.92 Å². The molecule has 0 bridgehead atoms. The number of aliphatic hydroxyl groups excluding tert-OH is 1. The molecule has 0 aliphatic carbocycles. The van der Waals surface area contributed by atoms with Gasteiger partial charge in [-0.05, 0) is 31.0 Å². The highest BCUT2D eigenvalue weighted by Gasteiger charge is 2.06. The van der Waals surface area contributed by atoms with E-state index in [1.54, 1.807) is 0 Å². The molecule has 2 heteroatoms. The van der Waals surface area contributed by atoms with E-state index in [0.29, 0.717) is 0 Å². The molecule has 0 aliphatic rings. The average Bonchev–Trinajstić information content (AvgIpc) is 2.46. The zero-order valence-electron chi connectivity index (χ0n) is 11.4. The van der Waals surface area contributed by atoms with Crippen molar-refractivity contribution in [3.63, 3.8) is 0 Å². The highest BCUT2D eigenvalue weighted by atomic mass is 16.3. The minimum atomic E-state index is 0.233. The van der Waals surface area contributed by atoms with Crippen LogP contribution in [0.2, 0.25) is 0 Å². The van der Waals surface area contributed by atoms with Crippen LogP contribution in [0.1, 0.15) is 17.5 Å². The average molecular weight is 255 g/mol. The summed E-state index contributed by atoms with van der Waals surface area (Å²) in [6.45, 7) is 4.08. The topological polar surface area (TPSA) is 23.5 Å². The summed E-state index contributed by atoms with van der Waals surface area (Å²) in [4.78, 5) is 2.31. The van der Waals surface area contributed by atoms with Gasteiger partial charge in [-0.15, -0.1) is 0 Å². The van der Waals surface area contributed by atoms with Crippen LogP contribution >= 0.6 is 0 Å². The minimum absolute atomic E-state index is 0.233. The maximum Gasteiger partial charge on any atom is 0.0447 e. The van der Waals surface area contributed by atoms with Gasteiger partial charge >= 0.3 is 0 Å². The standard InChI is InChI=1S/C17H21NO/c1-15-8-10-16(11-9-15)14-18(12-5-13-19)17-6-3-2-4-7-17/h2-4,6-11,19H,5,12-14H2,1H3. The number of aliphatic hydroxyl groups is 1. The lowest BCUT2D eigenvalue weighted by molar-refractivity contribution is 0.289. The van der Waals surface area contributed by atoms with E-state index in [9.17, 15) is 0 Å². The number of para-hydroxylation sites is 1. The highest BCUT2D eigenvalue weighted by molar-refractivity contribution is 5.46. The van der Waals surface area contributed by atoms with Crippen molar-refractivity contribution in [1.29, 1.82) is 0 Å². The Morgan fingerprint density at radius 3 is 2.26 bits per heavy atom. The highest BCUT2D eigenvalue weighted by Crippen LogP contribution is 2.17. The summed E-state index contributed by atoms with van der Waals surface area (Å²) in [5, 5.41) is 9.04. The fourth-order valence-corrected chi connectivity index (χ4v) is 2.11. The van der Waals surface area contributed by atoms with Gasteiger partial charge in [0.2, 0.25) is 0 Å². The molecule has 2 aromatic carbocycles. The fourth-order valence-electron chi connectivity index (χ4n) is 2.11. The molecule has 19 heavy (non-hydrogen) atoms. The van der Waals surface area contributed by atoms with Gasteiger partial charge in [0.05, 0.1) is 0 Å². The van der Waals surface area contributed by atoms with E-state index in [0.717, 1.165) is 19.5 Å². The molecular weight excluding hydrogens is 234 g/mol. The minimum Gasteiger partial charge on any atom is -0.396 e. The summed E-state index contributed by atoms with van der Waals surface area (Å²) >= 11 is 0. The molecule has 1 N–H and O–H groups in total. The number of rotatable bonds is 6. The number of aryl methyl sites for hydroxylation is 1. The van der Waals surface area contributed by atoms with Gasteiger partial charge in [0.25, 0.3) is 0 Å². The van der Waals surface area contributed by atoms with Crippen LogP contribution in [0.5, 0.6) is 0 Å². The fraction of sp³-hybridized carbons (Fsp3) is 0.294. The molecule has 0 saturated carbocycles. The smallest absolute Gasteiger partial charge is 0.0447 e. The van der Waals surface area contributed by atoms with Crippen molar-refractivity contribution in [2.45, 2.75) is 19.9 Å². The van der Waals surface area contributed by atoms with Crippen LogP contribution in [0.25, 0.3) is 0 Å². The van der Waals surface area contributed by atoms with E-state index in [1.165, 1.54) is 16.8 Å². The largest absolute Gasteiger partial charge is 0.396 e. The molecule has 0 fully saturated rings. The van der Waals surface area contributed by atoms with Crippen molar-refractivity contribution < 1.29 is 5.11 Å². The maximum absolute atomic E-state index is 9.04. The molecule has 2 nitrogen and oxygen atoms in total. The van der Waals surface area contributed by atoms with Gasteiger partial charge in [-0.25, -0.2) is 0 Å². The Morgan fingerprint density at radius 2 is 1.63 bits per heavy atom. The number of benzene rings is 2. The Balaban J connectivity index is 2.11. The second-order valence-corrected chi connectivity index (χ2v) is 4.82. The second kappa shape index (κ2) is 6.95. The van der Waals surface area contributed by atoms with Crippen LogP contribution in [0.4, 0.5) is 5.69 Å². The Labute approximate surface area is 115 Å². The summed E-state index contributed by atoms with van der Waals surface area (Å²) in [6, 6.07) is 19.0. The maximum atomic E-state index is 9.04. The van der Waals surface area contributed by atoms with Crippen molar-refractivity contribution in [1.82, 2.24) is 0 Å². The SMILES string of the molecule is Cc1ccc(CN(CCCO)c2ccccc2)cc1. The quantitative estimate of drug-likeness (QED) is 0.855. The van der Waals surface area contributed by atoms with E-state index in [-0.39, 0.29) is 6.61 Å². The predicted octanol–water partition coefficient (Wildman–Crippen LogP) is 3.38. The van der Waals surface area contributed by atoms with Crippen LogP contribution < -0.4 is 4.90 Å². The zero-order chi connectivity index (χ0) is 13.5. The molecule has 2 rings (SSSR count). The van der Waals surface area contributed by atoms with Crippen molar-refractivity contribution in [2.75, 3.05) is 18.1 Å². The summed E-state index contributed by atoms with van der Waals surface area (Å²) in [5.41, 5.74) is 3.79. The zero-order valence-corrected chi connectivity index (χ0v) is 11.4. The van der Waals surface area contributed by atoms with E-state index < -0.39 is 0 Å². The first-order valence-corrected chi connectivity index (χ1v) is 6.76. The summed E-state index contributed by atoms with van der Waals surface area (Å²) in [7, 11) is 0. The molecular formula is C17H21NO. The van der Waals surface area contributed by atoms with E-state index >= 15 is 0 Å². The number of hydrogen-bond acceptors (Lipinski definition) is 2. The molecule has 0 saturated heterocycles. The molecule has 0 radical (unpaired) electrons. The third-order valence-corrected chi connectivity index (χ3v) is 3.20. The first-order chi connectivity index (χ1) is 9.29. The molecule has 0 heterocycles. The number of hydrogen-bond donors (Lipinski definition) is 1. The van der Waals surface area contributed by atoms with Gasteiger partial charge in [0.1, 0.15) is 0 Å². The van der Waals surface area contributed by atoms with Gasteiger partial charge in [-0.1, -0.05) is 48.0 Å². The Morgan fingerprint density at radius 1 is 0.947 bits per heavy atom. The summed E-state index contributed by atoms with van der Waals surface area (Å²) in [5.74, 6) is 0. The number of nitrogens with zero attached hydrogens (tertiary/aromatic N) is 1.